The molecule has 0 N–H and O–H groups in total. The number of nitriles is 2. The van der Waals surface area contributed by atoms with Crippen molar-refractivity contribution in [3.05, 3.63) is 148 Å². The molecule has 0 fully saturated rings. The molecule has 7 aromatic rings. The van der Waals surface area contributed by atoms with Crippen molar-refractivity contribution in [2.24, 2.45) is 0 Å². The standard InChI is InChI=1S/C40H21N9/c1-23-46-24(2)48-40(47-23)34-12-7-26(22-42)17-37(34)49-38-18-27(30-11-6-25(21-41)16-35(30)44-4)8-13-32(38)33-14-9-28(19-39(33)49)31-15-10-29(43-3)20-36(31)45-5/h6-20H,1-2H3. The number of rotatable bonds is 4. The fraction of sp³-hybridized carbons (Fsp3) is 0.0500. The van der Waals surface area contributed by atoms with Crippen LogP contribution in [0.3, 0.4) is 0 Å². The van der Waals surface area contributed by atoms with E-state index >= 15 is 0 Å². The van der Waals surface area contributed by atoms with E-state index in [2.05, 4.69) is 46.2 Å². The van der Waals surface area contributed by atoms with Crippen molar-refractivity contribution >= 4 is 38.9 Å². The zero-order chi connectivity index (χ0) is 34.2. The highest BCUT2D eigenvalue weighted by Gasteiger charge is 2.21. The minimum absolute atomic E-state index is 0.362. The Hall–Kier alpha value is -7.64. The third-order valence-corrected chi connectivity index (χ3v) is 8.34. The lowest BCUT2D eigenvalue weighted by Crippen LogP contribution is -2.04. The molecule has 226 valence electrons. The maximum atomic E-state index is 10.0. The molecule has 0 radical (unpaired) electrons. The average molecular weight is 628 g/mol. The lowest BCUT2D eigenvalue weighted by molar-refractivity contribution is 0.926. The molecule has 0 aliphatic rings. The monoisotopic (exact) mass is 627 g/mol. The summed E-state index contributed by atoms with van der Waals surface area (Å²) >= 11 is 0. The van der Waals surface area contributed by atoms with Crippen molar-refractivity contribution in [2.75, 3.05) is 0 Å². The number of fused-ring (bicyclic) bond motifs is 3. The highest BCUT2D eigenvalue weighted by atomic mass is 15.0. The first-order valence-electron chi connectivity index (χ1n) is 15.0. The molecule has 2 aromatic heterocycles. The lowest BCUT2D eigenvalue weighted by Gasteiger charge is -2.15. The third-order valence-electron chi connectivity index (χ3n) is 8.34. The lowest BCUT2D eigenvalue weighted by atomic mass is 9.99. The van der Waals surface area contributed by atoms with Crippen LogP contribution >= 0.6 is 0 Å². The van der Waals surface area contributed by atoms with Crippen LogP contribution in [0.2, 0.25) is 0 Å². The number of aromatic nitrogens is 4. The largest absolute Gasteiger partial charge is 0.308 e. The van der Waals surface area contributed by atoms with E-state index in [1.54, 1.807) is 56.3 Å². The zero-order valence-electron chi connectivity index (χ0n) is 26.2. The Labute approximate surface area is 281 Å². The fourth-order valence-electron chi connectivity index (χ4n) is 6.19. The van der Waals surface area contributed by atoms with Crippen LogP contribution in [0.1, 0.15) is 22.8 Å². The van der Waals surface area contributed by atoms with Crippen LogP contribution in [0, 0.1) is 56.2 Å². The molecular formula is C40H21N9. The van der Waals surface area contributed by atoms with Gasteiger partial charge in [0.25, 0.3) is 0 Å². The molecule has 0 spiro atoms. The predicted molar refractivity (Wildman–Crippen MR) is 188 cm³/mol. The van der Waals surface area contributed by atoms with E-state index in [0.29, 0.717) is 68.0 Å². The van der Waals surface area contributed by atoms with Crippen molar-refractivity contribution in [3.63, 3.8) is 0 Å². The summed E-state index contributed by atoms with van der Waals surface area (Å²) in [5, 5.41) is 21.3. The van der Waals surface area contributed by atoms with Crippen LogP contribution in [0.4, 0.5) is 17.1 Å². The van der Waals surface area contributed by atoms with Gasteiger partial charge in [0, 0.05) is 21.9 Å². The summed E-state index contributed by atoms with van der Waals surface area (Å²) in [7, 11) is 0. The summed E-state index contributed by atoms with van der Waals surface area (Å²) in [6.45, 7) is 26.7. The Balaban J connectivity index is 1.60. The van der Waals surface area contributed by atoms with Gasteiger partial charge in [-0.2, -0.15) is 10.5 Å². The second-order valence-electron chi connectivity index (χ2n) is 11.3. The molecule has 0 atom stereocenters. The van der Waals surface area contributed by atoms with E-state index in [1.807, 2.05) is 48.5 Å². The molecule has 0 saturated carbocycles. The average Bonchev–Trinajstić information content (AvgIpc) is 3.46. The Morgan fingerprint density at radius 3 is 1.65 bits per heavy atom. The van der Waals surface area contributed by atoms with Crippen LogP contribution in [0.25, 0.3) is 75.7 Å². The highest BCUT2D eigenvalue weighted by molar-refractivity contribution is 6.12. The van der Waals surface area contributed by atoms with Gasteiger partial charge in [-0.1, -0.05) is 48.5 Å². The van der Waals surface area contributed by atoms with Crippen molar-refractivity contribution < 1.29 is 0 Å². The molecule has 5 aromatic carbocycles. The zero-order valence-corrected chi connectivity index (χ0v) is 26.2. The molecule has 9 heteroatoms. The number of aryl methyl sites for hydroxylation is 2. The maximum absolute atomic E-state index is 10.0. The van der Waals surface area contributed by atoms with Crippen molar-refractivity contribution in [1.82, 2.24) is 19.5 Å². The molecule has 0 saturated heterocycles. The normalized spacial score (nSPS) is 10.6. The van der Waals surface area contributed by atoms with E-state index in [-0.39, 0.29) is 0 Å². The van der Waals surface area contributed by atoms with Crippen molar-refractivity contribution in [3.8, 4) is 51.5 Å². The Morgan fingerprint density at radius 2 is 1.10 bits per heavy atom. The minimum Gasteiger partial charge on any atom is -0.308 e. The van der Waals surface area contributed by atoms with Crippen LogP contribution < -0.4 is 0 Å². The van der Waals surface area contributed by atoms with Crippen molar-refractivity contribution in [1.29, 1.82) is 10.5 Å². The van der Waals surface area contributed by atoms with Crippen LogP contribution in [0.5, 0.6) is 0 Å². The summed E-state index contributed by atoms with van der Waals surface area (Å²) < 4.78 is 2.06. The van der Waals surface area contributed by atoms with Gasteiger partial charge in [0.1, 0.15) is 11.6 Å². The Bertz CT molecular complexity index is 2600. The van der Waals surface area contributed by atoms with E-state index < -0.39 is 0 Å². The maximum Gasteiger partial charge on any atom is 0.196 e. The minimum atomic E-state index is 0.362. The molecule has 0 bridgehead atoms. The highest BCUT2D eigenvalue weighted by Crippen LogP contribution is 2.42. The van der Waals surface area contributed by atoms with Crippen LogP contribution in [0.15, 0.2) is 91.0 Å². The quantitative estimate of drug-likeness (QED) is 0.181. The van der Waals surface area contributed by atoms with Crippen LogP contribution in [-0.2, 0) is 0 Å². The summed E-state index contributed by atoms with van der Waals surface area (Å²) in [6.07, 6.45) is 0. The Kier molecular flexibility index (Phi) is 7.32. The molecule has 7 rings (SSSR count). The summed E-state index contributed by atoms with van der Waals surface area (Å²) in [5.41, 5.74) is 7.86. The molecule has 0 aliphatic heterocycles. The van der Waals surface area contributed by atoms with Gasteiger partial charge in [0.05, 0.1) is 54.1 Å². The van der Waals surface area contributed by atoms with Crippen molar-refractivity contribution in [2.45, 2.75) is 13.8 Å². The molecule has 0 aliphatic carbocycles. The van der Waals surface area contributed by atoms with E-state index in [0.717, 1.165) is 32.9 Å². The predicted octanol–water partition coefficient (Wildman–Crippen LogP) is 9.98. The van der Waals surface area contributed by atoms with Gasteiger partial charge in [-0.25, -0.2) is 29.5 Å². The van der Waals surface area contributed by atoms with Gasteiger partial charge >= 0.3 is 0 Å². The first-order valence-corrected chi connectivity index (χ1v) is 15.0. The van der Waals surface area contributed by atoms with Gasteiger partial charge in [-0.15, -0.1) is 0 Å². The fourth-order valence-corrected chi connectivity index (χ4v) is 6.19. The van der Waals surface area contributed by atoms with E-state index in [1.165, 1.54) is 0 Å². The molecule has 0 unspecified atom stereocenters. The number of hydrogen-bond donors (Lipinski definition) is 0. The van der Waals surface area contributed by atoms with Crippen LogP contribution in [-0.4, -0.2) is 19.5 Å². The molecular weight excluding hydrogens is 607 g/mol. The second-order valence-corrected chi connectivity index (χ2v) is 11.3. The number of hydrogen-bond acceptors (Lipinski definition) is 5. The summed E-state index contributed by atoms with van der Waals surface area (Å²) in [4.78, 5) is 24.6. The first-order chi connectivity index (χ1) is 23.8. The number of nitrogens with zero attached hydrogens (tertiary/aromatic N) is 9. The Morgan fingerprint density at radius 1 is 0.571 bits per heavy atom. The third kappa shape index (κ3) is 5.15. The van der Waals surface area contributed by atoms with Gasteiger partial charge in [0.15, 0.2) is 22.9 Å². The van der Waals surface area contributed by atoms with Gasteiger partial charge in [-0.3, -0.25) is 0 Å². The number of benzene rings is 5. The van der Waals surface area contributed by atoms with Gasteiger partial charge in [0.2, 0.25) is 0 Å². The van der Waals surface area contributed by atoms with Gasteiger partial charge in [-0.05, 0) is 78.6 Å². The van der Waals surface area contributed by atoms with E-state index in [4.69, 9.17) is 19.7 Å². The summed E-state index contributed by atoms with van der Waals surface area (Å²) in [5.74, 6) is 1.58. The molecule has 49 heavy (non-hydrogen) atoms. The molecule has 0 amide bonds. The first kappa shape index (κ1) is 30.0. The van der Waals surface area contributed by atoms with Gasteiger partial charge < -0.3 is 4.57 Å². The summed E-state index contributed by atoms with van der Waals surface area (Å²) in [6, 6.07) is 31.9. The van der Waals surface area contributed by atoms with E-state index in [9.17, 15) is 10.5 Å². The SMILES string of the molecule is [C-]#[N+]c1ccc(-c2ccc3c4ccc(-c5ccc(C#N)cc5[N+]#[C-])cc4n(-c4cc(C#N)ccc4-c4nc(C)nc(C)n4)c3c2)c([N+]#[C-])c1. The molecule has 2 heterocycles. The topological polar surface area (TPSA) is 104 Å². The molecule has 9 nitrogen and oxygen atoms in total. The smallest absolute Gasteiger partial charge is 0.196 e. The second kappa shape index (κ2) is 11.9.